The number of benzene rings is 2. The quantitative estimate of drug-likeness (QED) is 0.818. The molecule has 154 valence electrons. The van der Waals surface area contributed by atoms with E-state index >= 15 is 0 Å². The van der Waals surface area contributed by atoms with Crippen molar-refractivity contribution in [2.24, 2.45) is 0 Å². The lowest BCUT2D eigenvalue weighted by Crippen LogP contribution is -2.29. The molecule has 0 saturated heterocycles. The Hall–Kier alpha value is -2.90. The maximum Gasteiger partial charge on any atom is 0.253 e. The molecular weight excluding hydrogens is 372 g/mol. The van der Waals surface area contributed by atoms with Crippen molar-refractivity contribution in [1.29, 1.82) is 0 Å². The van der Waals surface area contributed by atoms with E-state index in [9.17, 15) is 9.59 Å². The SMILES string of the molecule is CN(CCO)C(=O)c1ccc2c(c1)Cc1cccc(c1)C(=O)NCCOCCO2. The topological polar surface area (TPSA) is 88.1 Å². The molecule has 3 rings (SSSR count). The van der Waals surface area contributed by atoms with E-state index in [1.165, 1.54) is 4.90 Å². The molecule has 7 nitrogen and oxygen atoms in total. The largest absolute Gasteiger partial charge is 0.491 e. The average molecular weight is 398 g/mol. The van der Waals surface area contributed by atoms with Gasteiger partial charge in [-0.05, 0) is 41.5 Å². The Morgan fingerprint density at radius 3 is 2.86 bits per heavy atom. The van der Waals surface area contributed by atoms with Gasteiger partial charge in [0.2, 0.25) is 0 Å². The van der Waals surface area contributed by atoms with Crippen LogP contribution in [0.2, 0.25) is 0 Å². The predicted molar refractivity (Wildman–Crippen MR) is 108 cm³/mol. The van der Waals surface area contributed by atoms with Crippen molar-refractivity contribution in [2.45, 2.75) is 6.42 Å². The molecule has 2 amide bonds. The minimum atomic E-state index is -0.169. The van der Waals surface area contributed by atoms with Crippen LogP contribution < -0.4 is 10.1 Å². The van der Waals surface area contributed by atoms with Gasteiger partial charge < -0.3 is 24.8 Å². The number of ether oxygens (including phenoxy) is 2. The Kier molecular flexibility index (Phi) is 7.21. The van der Waals surface area contributed by atoms with Gasteiger partial charge in [-0.2, -0.15) is 0 Å². The molecule has 2 aromatic carbocycles. The third-order valence-corrected chi connectivity index (χ3v) is 4.69. The Labute approximate surface area is 170 Å². The first-order chi connectivity index (χ1) is 14.1. The molecule has 2 N–H and O–H groups in total. The number of amides is 2. The zero-order valence-corrected chi connectivity index (χ0v) is 16.5. The average Bonchev–Trinajstić information content (AvgIpc) is 2.73. The van der Waals surface area contributed by atoms with Crippen molar-refractivity contribution < 1.29 is 24.2 Å². The molecule has 0 aromatic heterocycles. The van der Waals surface area contributed by atoms with E-state index in [0.717, 1.165) is 11.1 Å². The van der Waals surface area contributed by atoms with E-state index in [0.29, 0.717) is 49.7 Å². The smallest absolute Gasteiger partial charge is 0.253 e. The van der Waals surface area contributed by atoms with Gasteiger partial charge in [0, 0.05) is 37.7 Å². The maximum atomic E-state index is 12.6. The Morgan fingerprint density at radius 2 is 2.03 bits per heavy atom. The van der Waals surface area contributed by atoms with Crippen molar-refractivity contribution in [1.82, 2.24) is 10.2 Å². The zero-order chi connectivity index (χ0) is 20.6. The Bertz CT molecular complexity index is 868. The molecule has 7 heteroatoms. The summed E-state index contributed by atoms with van der Waals surface area (Å²) in [6.45, 7) is 1.80. The number of carbonyl (C=O) groups excluding carboxylic acids is 2. The van der Waals surface area contributed by atoms with E-state index in [2.05, 4.69) is 5.32 Å². The van der Waals surface area contributed by atoms with Gasteiger partial charge in [-0.15, -0.1) is 0 Å². The first-order valence-electron chi connectivity index (χ1n) is 9.65. The molecule has 0 aliphatic carbocycles. The minimum absolute atomic E-state index is 0.0921. The standard InChI is InChI=1S/C22H26N2O5/c1-24(8-9-25)22(27)18-5-6-20-19(15-18)14-16-3-2-4-17(13-16)21(26)23-7-10-28-11-12-29-20/h2-6,13,15,25H,7-12,14H2,1H3,(H,23,26). The van der Waals surface area contributed by atoms with Crippen LogP contribution in [0, 0.1) is 0 Å². The number of carbonyl (C=O) groups is 2. The normalized spacial score (nSPS) is 14.8. The summed E-state index contributed by atoms with van der Waals surface area (Å²) in [4.78, 5) is 26.4. The number of likely N-dealkylation sites (N-methyl/N-ethyl adjacent to an activating group) is 1. The highest BCUT2D eigenvalue weighted by atomic mass is 16.5. The summed E-state index contributed by atoms with van der Waals surface area (Å²) in [5.74, 6) is 0.373. The molecule has 0 atom stereocenters. The molecule has 0 spiro atoms. The fourth-order valence-electron chi connectivity index (χ4n) is 3.16. The van der Waals surface area contributed by atoms with Gasteiger partial charge in [0.15, 0.2) is 0 Å². The number of rotatable bonds is 3. The van der Waals surface area contributed by atoms with Crippen molar-refractivity contribution in [3.63, 3.8) is 0 Å². The second-order valence-corrected chi connectivity index (χ2v) is 6.87. The summed E-state index contributed by atoms with van der Waals surface area (Å²) < 4.78 is 11.4. The molecule has 0 fully saturated rings. The lowest BCUT2D eigenvalue weighted by Gasteiger charge is -2.18. The number of aliphatic hydroxyl groups is 1. The summed E-state index contributed by atoms with van der Waals surface area (Å²) in [6, 6.07) is 12.7. The molecule has 29 heavy (non-hydrogen) atoms. The minimum Gasteiger partial charge on any atom is -0.491 e. The number of aliphatic hydroxyl groups excluding tert-OH is 1. The molecule has 1 aliphatic rings. The molecule has 1 aliphatic heterocycles. The van der Waals surface area contributed by atoms with Crippen LogP contribution in [0.1, 0.15) is 31.8 Å². The van der Waals surface area contributed by atoms with Gasteiger partial charge in [-0.3, -0.25) is 9.59 Å². The van der Waals surface area contributed by atoms with Crippen LogP contribution >= 0.6 is 0 Å². The molecule has 0 unspecified atom stereocenters. The van der Waals surface area contributed by atoms with Gasteiger partial charge in [-0.25, -0.2) is 0 Å². The van der Waals surface area contributed by atoms with E-state index in [1.807, 2.05) is 24.3 Å². The molecule has 0 radical (unpaired) electrons. The van der Waals surface area contributed by atoms with Crippen molar-refractivity contribution in [3.05, 3.63) is 64.7 Å². The number of nitrogens with one attached hydrogen (secondary N) is 1. The first-order valence-corrected chi connectivity index (χ1v) is 9.65. The van der Waals surface area contributed by atoms with E-state index < -0.39 is 0 Å². The fraction of sp³-hybridized carbons (Fsp3) is 0.364. The van der Waals surface area contributed by atoms with Gasteiger partial charge in [0.05, 0.1) is 19.8 Å². The fourth-order valence-corrected chi connectivity index (χ4v) is 3.16. The first kappa shape index (κ1) is 20.8. The van der Waals surface area contributed by atoms with E-state index in [4.69, 9.17) is 14.6 Å². The number of fused-ring (bicyclic) bond motifs is 3. The van der Waals surface area contributed by atoms with Crippen molar-refractivity contribution in [3.8, 4) is 5.75 Å². The van der Waals surface area contributed by atoms with Crippen LogP contribution in [-0.4, -0.2) is 68.4 Å². The number of hydrogen-bond acceptors (Lipinski definition) is 5. The summed E-state index contributed by atoms with van der Waals surface area (Å²) >= 11 is 0. The Balaban J connectivity index is 1.93. The van der Waals surface area contributed by atoms with Crippen LogP contribution in [-0.2, 0) is 11.2 Å². The Morgan fingerprint density at radius 1 is 1.17 bits per heavy atom. The summed E-state index contributed by atoms with van der Waals surface area (Å²) in [7, 11) is 1.65. The lowest BCUT2D eigenvalue weighted by atomic mass is 9.99. The molecular formula is C22H26N2O5. The second-order valence-electron chi connectivity index (χ2n) is 6.87. The number of nitrogens with zero attached hydrogens (tertiary/aromatic N) is 1. The van der Waals surface area contributed by atoms with Gasteiger partial charge in [0.1, 0.15) is 12.4 Å². The van der Waals surface area contributed by atoms with Crippen LogP contribution in [0.5, 0.6) is 5.75 Å². The lowest BCUT2D eigenvalue weighted by molar-refractivity contribution is 0.0766. The summed E-state index contributed by atoms with van der Waals surface area (Å²) in [5.41, 5.74) is 2.90. The van der Waals surface area contributed by atoms with Crippen molar-refractivity contribution >= 4 is 11.8 Å². The molecule has 0 saturated carbocycles. The van der Waals surface area contributed by atoms with Gasteiger partial charge >= 0.3 is 0 Å². The molecule has 1 heterocycles. The van der Waals surface area contributed by atoms with E-state index in [1.54, 1.807) is 25.2 Å². The van der Waals surface area contributed by atoms with Crippen LogP contribution in [0.15, 0.2) is 42.5 Å². The highest BCUT2D eigenvalue weighted by molar-refractivity contribution is 5.95. The second kappa shape index (κ2) is 10.0. The predicted octanol–water partition coefficient (Wildman–Crippen LogP) is 1.48. The zero-order valence-electron chi connectivity index (χ0n) is 16.5. The molecule has 2 aromatic rings. The van der Waals surface area contributed by atoms with Gasteiger partial charge in [-0.1, -0.05) is 12.1 Å². The van der Waals surface area contributed by atoms with Crippen molar-refractivity contribution in [2.75, 3.05) is 46.6 Å². The summed E-state index contributed by atoms with van der Waals surface area (Å²) in [5, 5.41) is 11.9. The summed E-state index contributed by atoms with van der Waals surface area (Å²) in [6.07, 6.45) is 0.516. The van der Waals surface area contributed by atoms with E-state index in [-0.39, 0.29) is 25.0 Å². The van der Waals surface area contributed by atoms with Crippen LogP contribution in [0.4, 0.5) is 0 Å². The monoisotopic (exact) mass is 398 g/mol. The third kappa shape index (κ3) is 5.56. The third-order valence-electron chi connectivity index (χ3n) is 4.69. The highest BCUT2D eigenvalue weighted by Gasteiger charge is 2.15. The van der Waals surface area contributed by atoms with Crippen LogP contribution in [0.3, 0.4) is 0 Å². The number of hydrogen-bond donors (Lipinski definition) is 2. The maximum absolute atomic E-state index is 12.6. The highest BCUT2D eigenvalue weighted by Crippen LogP contribution is 2.25. The van der Waals surface area contributed by atoms with Gasteiger partial charge in [0.25, 0.3) is 11.8 Å². The molecule has 2 bridgehead atoms. The van der Waals surface area contributed by atoms with Crippen LogP contribution in [0.25, 0.3) is 0 Å².